The average molecular weight is 259 g/mol. The minimum atomic E-state index is -0.302. The summed E-state index contributed by atoms with van der Waals surface area (Å²) in [6.45, 7) is 1.45. The molecular formula is C12H13N5O2. The second-order valence-electron chi connectivity index (χ2n) is 4.41. The largest absolute Gasteiger partial charge is 0.445 e. The quantitative estimate of drug-likeness (QED) is 0.886. The smallest absolute Gasteiger partial charge is 0.410 e. The highest BCUT2D eigenvalue weighted by atomic mass is 16.6. The molecule has 98 valence electrons. The van der Waals surface area contributed by atoms with E-state index in [4.69, 9.17) is 4.74 Å². The van der Waals surface area contributed by atoms with E-state index in [1.807, 2.05) is 30.3 Å². The number of nitrogens with one attached hydrogen (secondary N) is 1. The Morgan fingerprint density at radius 1 is 1.37 bits per heavy atom. The van der Waals surface area contributed by atoms with E-state index in [9.17, 15) is 4.79 Å². The van der Waals surface area contributed by atoms with Crippen LogP contribution >= 0.6 is 0 Å². The minimum absolute atomic E-state index is 0.156. The van der Waals surface area contributed by atoms with Crippen molar-refractivity contribution in [3.63, 3.8) is 0 Å². The Balaban J connectivity index is 1.46. The van der Waals surface area contributed by atoms with Crippen LogP contribution in [0.1, 0.15) is 17.3 Å². The molecule has 0 radical (unpaired) electrons. The van der Waals surface area contributed by atoms with E-state index >= 15 is 0 Å². The van der Waals surface area contributed by atoms with E-state index in [2.05, 4.69) is 20.6 Å². The van der Waals surface area contributed by atoms with Crippen LogP contribution < -0.4 is 0 Å². The molecule has 3 rings (SSSR count). The van der Waals surface area contributed by atoms with Crippen LogP contribution in [0.25, 0.3) is 0 Å². The number of ether oxygens (including phenoxy) is 1. The lowest BCUT2D eigenvalue weighted by Gasteiger charge is -2.36. The van der Waals surface area contributed by atoms with Gasteiger partial charge in [-0.2, -0.15) is 5.21 Å². The van der Waals surface area contributed by atoms with Crippen LogP contribution in [0.5, 0.6) is 0 Å². The zero-order valence-corrected chi connectivity index (χ0v) is 10.2. The number of benzene rings is 1. The fraction of sp³-hybridized carbons (Fsp3) is 0.333. The number of likely N-dealkylation sites (tertiary alicyclic amines) is 1. The summed E-state index contributed by atoms with van der Waals surface area (Å²) in [6.07, 6.45) is -0.302. The van der Waals surface area contributed by atoms with Crippen LogP contribution in [0.15, 0.2) is 30.3 Å². The number of H-pyrrole nitrogens is 1. The summed E-state index contributed by atoms with van der Waals surface area (Å²) in [5.41, 5.74) is 0.978. The molecule has 0 unspecified atom stereocenters. The van der Waals surface area contributed by atoms with Crippen molar-refractivity contribution in [2.24, 2.45) is 0 Å². The Hall–Kier alpha value is -2.44. The van der Waals surface area contributed by atoms with Crippen molar-refractivity contribution in [3.05, 3.63) is 41.7 Å². The first-order valence-corrected chi connectivity index (χ1v) is 6.02. The maximum Gasteiger partial charge on any atom is 0.410 e. The number of aromatic amines is 1. The van der Waals surface area contributed by atoms with Crippen LogP contribution in [0.4, 0.5) is 4.79 Å². The molecule has 1 aromatic carbocycles. The molecule has 2 heterocycles. The van der Waals surface area contributed by atoms with Gasteiger partial charge in [0.05, 0.1) is 5.92 Å². The van der Waals surface area contributed by atoms with Crippen molar-refractivity contribution in [2.75, 3.05) is 13.1 Å². The van der Waals surface area contributed by atoms with Crippen LogP contribution in [-0.4, -0.2) is 44.7 Å². The standard InChI is InChI=1S/C12H13N5O2/c18-12(19-8-9-4-2-1-3-5-9)17-6-10(7-17)11-13-15-16-14-11/h1-5,10H,6-8H2,(H,13,14,15,16). The normalized spacial score (nSPS) is 15.1. The first-order valence-electron chi connectivity index (χ1n) is 6.02. The SMILES string of the molecule is O=C(OCc1ccccc1)N1CC(c2nn[nH]n2)C1. The Morgan fingerprint density at radius 3 is 2.84 bits per heavy atom. The van der Waals surface area contributed by atoms with Crippen LogP contribution in [0.3, 0.4) is 0 Å². The maximum atomic E-state index is 11.8. The van der Waals surface area contributed by atoms with E-state index in [0.717, 1.165) is 5.56 Å². The van der Waals surface area contributed by atoms with E-state index in [1.165, 1.54) is 0 Å². The molecule has 1 N–H and O–H groups in total. The monoisotopic (exact) mass is 259 g/mol. The number of carbonyl (C=O) groups is 1. The van der Waals surface area contributed by atoms with E-state index in [1.54, 1.807) is 4.90 Å². The summed E-state index contributed by atoms with van der Waals surface area (Å²) in [5, 5.41) is 13.7. The topological polar surface area (TPSA) is 84.0 Å². The first kappa shape index (κ1) is 11.6. The summed E-state index contributed by atoms with van der Waals surface area (Å²) >= 11 is 0. The molecule has 1 amide bonds. The number of hydrogen-bond donors (Lipinski definition) is 1. The van der Waals surface area contributed by atoms with Gasteiger partial charge in [-0.1, -0.05) is 35.5 Å². The second kappa shape index (κ2) is 5.05. The molecule has 2 aromatic rings. The van der Waals surface area contributed by atoms with Crippen molar-refractivity contribution in [2.45, 2.75) is 12.5 Å². The van der Waals surface area contributed by atoms with Crippen molar-refractivity contribution in [3.8, 4) is 0 Å². The minimum Gasteiger partial charge on any atom is -0.445 e. The van der Waals surface area contributed by atoms with E-state index < -0.39 is 0 Å². The van der Waals surface area contributed by atoms with E-state index in [-0.39, 0.29) is 12.0 Å². The number of tetrazole rings is 1. The second-order valence-corrected chi connectivity index (χ2v) is 4.41. The lowest BCUT2D eigenvalue weighted by Crippen LogP contribution is -2.49. The molecule has 0 atom stereocenters. The fourth-order valence-electron chi connectivity index (χ4n) is 1.94. The molecule has 0 aliphatic carbocycles. The summed E-state index contributed by atoms with van der Waals surface area (Å²) in [5.74, 6) is 0.801. The molecule has 1 aliphatic rings. The zero-order chi connectivity index (χ0) is 13.1. The maximum absolute atomic E-state index is 11.8. The Labute approximate surface area is 109 Å². The molecule has 0 saturated carbocycles. The number of hydrogen-bond acceptors (Lipinski definition) is 5. The number of aromatic nitrogens is 4. The van der Waals surface area contributed by atoms with E-state index in [0.29, 0.717) is 25.5 Å². The predicted octanol–water partition coefficient (Wildman–Crippen LogP) is 0.936. The van der Waals surface area contributed by atoms with Crippen LogP contribution in [-0.2, 0) is 11.3 Å². The number of rotatable bonds is 3. The molecule has 1 aromatic heterocycles. The highest BCUT2D eigenvalue weighted by Crippen LogP contribution is 2.24. The molecule has 1 fully saturated rings. The summed E-state index contributed by atoms with van der Waals surface area (Å²) < 4.78 is 5.22. The van der Waals surface area contributed by atoms with Gasteiger partial charge in [-0.05, 0) is 5.56 Å². The fourth-order valence-corrected chi connectivity index (χ4v) is 1.94. The third kappa shape index (κ3) is 2.54. The third-order valence-corrected chi connectivity index (χ3v) is 3.07. The van der Waals surface area contributed by atoms with Gasteiger partial charge >= 0.3 is 6.09 Å². The molecule has 0 bridgehead atoms. The summed E-state index contributed by atoms with van der Waals surface area (Å²) in [6, 6.07) is 9.60. The highest BCUT2D eigenvalue weighted by Gasteiger charge is 2.35. The van der Waals surface area contributed by atoms with Gasteiger partial charge in [0.25, 0.3) is 0 Å². The number of nitrogens with zero attached hydrogens (tertiary/aromatic N) is 4. The Morgan fingerprint density at radius 2 is 2.16 bits per heavy atom. The van der Waals surface area contributed by atoms with Gasteiger partial charge in [0.1, 0.15) is 6.61 Å². The van der Waals surface area contributed by atoms with Gasteiger partial charge in [0.2, 0.25) is 0 Å². The van der Waals surface area contributed by atoms with Gasteiger partial charge in [-0.3, -0.25) is 0 Å². The molecule has 19 heavy (non-hydrogen) atoms. The number of carbonyl (C=O) groups excluding carboxylic acids is 1. The molecule has 0 spiro atoms. The predicted molar refractivity (Wildman–Crippen MR) is 65.1 cm³/mol. The van der Waals surface area contributed by atoms with Crippen molar-refractivity contribution < 1.29 is 9.53 Å². The lowest BCUT2D eigenvalue weighted by molar-refractivity contribution is 0.0650. The van der Waals surface area contributed by atoms with Gasteiger partial charge in [0.15, 0.2) is 5.82 Å². The first-order chi connectivity index (χ1) is 9.33. The third-order valence-electron chi connectivity index (χ3n) is 3.07. The zero-order valence-electron chi connectivity index (χ0n) is 10.2. The van der Waals surface area contributed by atoms with Crippen LogP contribution in [0, 0.1) is 0 Å². The highest BCUT2D eigenvalue weighted by molar-refractivity contribution is 5.69. The molecule has 7 nitrogen and oxygen atoms in total. The number of amides is 1. The summed E-state index contributed by atoms with van der Waals surface area (Å²) in [7, 11) is 0. The van der Waals surface area contributed by atoms with Gasteiger partial charge < -0.3 is 9.64 Å². The average Bonchev–Trinajstić information content (AvgIpc) is 2.90. The van der Waals surface area contributed by atoms with Gasteiger partial charge in [-0.25, -0.2) is 4.79 Å². The van der Waals surface area contributed by atoms with Crippen molar-refractivity contribution >= 4 is 6.09 Å². The van der Waals surface area contributed by atoms with Crippen LogP contribution in [0.2, 0.25) is 0 Å². The molecule has 1 aliphatic heterocycles. The van der Waals surface area contributed by atoms with Gasteiger partial charge in [-0.15, -0.1) is 10.2 Å². The van der Waals surface area contributed by atoms with Crippen molar-refractivity contribution in [1.29, 1.82) is 0 Å². The van der Waals surface area contributed by atoms with Crippen molar-refractivity contribution in [1.82, 2.24) is 25.5 Å². The molecule has 7 heteroatoms. The molecular weight excluding hydrogens is 246 g/mol. The Kier molecular flexibility index (Phi) is 3.09. The molecule has 1 saturated heterocycles. The lowest BCUT2D eigenvalue weighted by atomic mass is 10.0. The Bertz CT molecular complexity index is 537. The van der Waals surface area contributed by atoms with Gasteiger partial charge in [0, 0.05) is 13.1 Å². The summed E-state index contributed by atoms with van der Waals surface area (Å²) in [4.78, 5) is 13.4.